The summed E-state index contributed by atoms with van der Waals surface area (Å²) in [6.07, 6.45) is -1.73. The third-order valence-electron chi connectivity index (χ3n) is 4.88. The van der Waals surface area contributed by atoms with Crippen molar-refractivity contribution in [1.82, 2.24) is 19.4 Å². The lowest BCUT2D eigenvalue weighted by molar-refractivity contribution is -0.275. The number of nitrogens with zero attached hydrogens (tertiary/aromatic N) is 3. The Morgan fingerprint density at radius 3 is 2.69 bits per heavy atom. The van der Waals surface area contributed by atoms with E-state index in [4.69, 9.17) is 4.74 Å². The molecule has 0 spiro atoms. The fraction of sp³-hybridized carbons (Fsp3) is 0.421. The Morgan fingerprint density at radius 1 is 1.28 bits per heavy atom. The van der Waals surface area contributed by atoms with E-state index in [2.05, 4.69) is 21.5 Å². The first-order valence-electron chi connectivity index (χ1n) is 9.53. The van der Waals surface area contributed by atoms with E-state index in [-0.39, 0.29) is 38.9 Å². The number of aromatic amines is 1. The van der Waals surface area contributed by atoms with E-state index in [0.29, 0.717) is 12.1 Å². The Balaban J connectivity index is 1.70. The first-order chi connectivity index (χ1) is 15.1. The van der Waals surface area contributed by atoms with Crippen LogP contribution in [0, 0.1) is 5.82 Å². The zero-order valence-corrected chi connectivity index (χ0v) is 17.7. The molecule has 1 aromatic carbocycles. The van der Waals surface area contributed by atoms with E-state index in [9.17, 15) is 26.0 Å². The van der Waals surface area contributed by atoms with E-state index in [0.717, 1.165) is 23.1 Å². The Labute approximate surface area is 182 Å². The van der Waals surface area contributed by atoms with Gasteiger partial charge >= 0.3 is 6.36 Å². The average molecular weight is 478 g/mol. The zero-order chi connectivity index (χ0) is 23.4. The molecule has 2 aromatic rings. The second kappa shape index (κ2) is 9.98. The maximum absolute atomic E-state index is 14.1. The Morgan fingerprint density at radius 2 is 2.06 bits per heavy atom. The van der Waals surface area contributed by atoms with Gasteiger partial charge in [0.1, 0.15) is 0 Å². The van der Waals surface area contributed by atoms with E-state index >= 15 is 0 Å². The molecule has 0 unspecified atom stereocenters. The van der Waals surface area contributed by atoms with E-state index in [1.165, 1.54) is 10.4 Å². The number of sulfonamides is 1. The van der Waals surface area contributed by atoms with Crippen molar-refractivity contribution in [1.29, 1.82) is 0 Å². The lowest BCUT2D eigenvalue weighted by Crippen LogP contribution is -2.55. The highest BCUT2D eigenvalue weighted by Crippen LogP contribution is 2.27. The van der Waals surface area contributed by atoms with Crippen molar-refractivity contribution in [3.63, 3.8) is 0 Å². The zero-order valence-electron chi connectivity index (χ0n) is 16.9. The predicted molar refractivity (Wildman–Crippen MR) is 106 cm³/mol. The molecule has 8 nitrogen and oxygen atoms in total. The molecule has 1 aliphatic rings. The molecule has 32 heavy (non-hydrogen) atoms. The second-order valence-electron chi connectivity index (χ2n) is 7.13. The molecule has 2 heterocycles. The fourth-order valence-corrected chi connectivity index (χ4v) is 4.25. The van der Waals surface area contributed by atoms with Crippen LogP contribution in [0.5, 0.6) is 5.75 Å². The normalized spacial score (nSPS) is 18.6. The molecule has 13 heteroatoms. The van der Waals surface area contributed by atoms with E-state index in [1.807, 2.05) is 4.90 Å². The number of rotatable bonds is 9. The van der Waals surface area contributed by atoms with Crippen molar-refractivity contribution >= 4 is 10.0 Å². The van der Waals surface area contributed by atoms with Gasteiger partial charge in [-0.3, -0.25) is 10.00 Å². The van der Waals surface area contributed by atoms with Crippen LogP contribution < -0.4 is 4.74 Å². The van der Waals surface area contributed by atoms with Crippen LogP contribution in [-0.2, 0) is 27.9 Å². The monoisotopic (exact) mass is 478 g/mol. The molecule has 0 amide bonds. The van der Waals surface area contributed by atoms with Gasteiger partial charge < -0.3 is 9.47 Å². The summed E-state index contributed by atoms with van der Waals surface area (Å²) in [5, 5.41) is 7.36. The maximum Gasteiger partial charge on any atom is 0.573 e. The highest BCUT2D eigenvalue weighted by Gasteiger charge is 2.34. The van der Waals surface area contributed by atoms with E-state index in [1.54, 1.807) is 12.4 Å². The van der Waals surface area contributed by atoms with Gasteiger partial charge in [0, 0.05) is 49.4 Å². The van der Waals surface area contributed by atoms with Gasteiger partial charge in [0.05, 0.1) is 19.4 Å². The molecular weight excluding hydrogens is 456 g/mol. The molecule has 0 bridgehead atoms. The van der Waals surface area contributed by atoms with Crippen LogP contribution in [0.3, 0.4) is 0 Å². The van der Waals surface area contributed by atoms with Gasteiger partial charge in [0.15, 0.2) is 11.6 Å². The summed E-state index contributed by atoms with van der Waals surface area (Å²) in [5.74, 6) is -2.05. The summed E-state index contributed by atoms with van der Waals surface area (Å²) in [6.45, 7) is 4.58. The van der Waals surface area contributed by atoms with Crippen LogP contribution >= 0.6 is 0 Å². The van der Waals surface area contributed by atoms with Crippen LogP contribution in [-0.4, -0.2) is 66.5 Å². The lowest BCUT2D eigenvalue weighted by atomic mass is 10.1. The van der Waals surface area contributed by atoms with Gasteiger partial charge in [-0.2, -0.15) is 9.40 Å². The number of nitrogens with one attached hydrogen (secondary N) is 1. The van der Waals surface area contributed by atoms with Crippen molar-refractivity contribution in [3.8, 4) is 5.75 Å². The number of piperazine rings is 1. The molecule has 1 fully saturated rings. The number of halogens is 4. The quantitative estimate of drug-likeness (QED) is 0.558. The summed E-state index contributed by atoms with van der Waals surface area (Å²) >= 11 is 0. The molecule has 3 rings (SSSR count). The van der Waals surface area contributed by atoms with Crippen molar-refractivity contribution in [2.75, 3.05) is 26.2 Å². The van der Waals surface area contributed by atoms with Gasteiger partial charge in [-0.15, -0.1) is 13.2 Å². The number of ether oxygens (including phenoxy) is 2. The minimum Gasteiger partial charge on any atom is -0.403 e. The van der Waals surface area contributed by atoms with Crippen molar-refractivity contribution in [3.05, 3.63) is 59.5 Å². The Bertz CT molecular complexity index is 1010. The summed E-state index contributed by atoms with van der Waals surface area (Å²) < 4.78 is 86.2. The Kier molecular flexibility index (Phi) is 7.54. The van der Waals surface area contributed by atoms with Crippen LogP contribution in [0.4, 0.5) is 17.6 Å². The molecule has 1 aromatic heterocycles. The Hall–Kier alpha value is -2.48. The SMILES string of the molecule is C=CS(=O)(=O)N1CCN(Cc2ccc(OC(F)(F)F)c(F)c2)[C@@H](COCc2cn[nH]c2)C1. The third kappa shape index (κ3) is 6.51. The van der Waals surface area contributed by atoms with Gasteiger partial charge in [-0.05, 0) is 17.7 Å². The summed E-state index contributed by atoms with van der Waals surface area (Å²) in [7, 11) is -3.63. The van der Waals surface area contributed by atoms with Gasteiger partial charge in [-0.1, -0.05) is 12.6 Å². The summed E-state index contributed by atoms with van der Waals surface area (Å²) in [5.41, 5.74) is 1.22. The van der Waals surface area contributed by atoms with Gasteiger partial charge in [0.2, 0.25) is 10.0 Å². The first kappa shape index (κ1) is 24.2. The molecule has 0 radical (unpaired) electrons. The van der Waals surface area contributed by atoms with Crippen LogP contribution in [0.25, 0.3) is 0 Å². The van der Waals surface area contributed by atoms with Crippen molar-refractivity contribution in [2.45, 2.75) is 25.6 Å². The molecule has 1 aliphatic heterocycles. The van der Waals surface area contributed by atoms with Gasteiger partial charge in [-0.25, -0.2) is 12.8 Å². The number of hydrogen-bond acceptors (Lipinski definition) is 6. The minimum absolute atomic E-state index is 0.123. The maximum atomic E-state index is 14.1. The lowest BCUT2D eigenvalue weighted by Gasteiger charge is -2.40. The molecular formula is C19H22F4N4O4S. The fourth-order valence-electron chi connectivity index (χ4n) is 3.32. The van der Waals surface area contributed by atoms with Crippen LogP contribution in [0.2, 0.25) is 0 Å². The summed E-state index contributed by atoms with van der Waals surface area (Å²) in [4.78, 5) is 1.89. The van der Waals surface area contributed by atoms with Crippen molar-refractivity contribution in [2.24, 2.45) is 0 Å². The highest BCUT2D eigenvalue weighted by molar-refractivity contribution is 7.92. The molecule has 0 aliphatic carbocycles. The van der Waals surface area contributed by atoms with E-state index < -0.39 is 28.0 Å². The number of aromatic nitrogens is 2. The molecule has 176 valence electrons. The molecule has 1 atom stereocenters. The largest absolute Gasteiger partial charge is 0.573 e. The second-order valence-corrected chi connectivity index (χ2v) is 9.01. The predicted octanol–water partition coefficient (Wildman–Crippen LogP) is 2.62. The third-order valence-corrected chi connectivity index (χ3v) is 6.35. The topological polar surface area (TPSA) is 87.8 Å². The summed E-state index contributed by atoms with van der Waals surface area (Å²) in [6, 6.07) is 2.85. The number of H-pyrrole nitrogens is 1. The first-order valence-corrected chi connectivity index (χ1v) is 11.0. The number of hydrogen-bond donors (Lipinski definition) is 1. The molecule has 1 saturated heterocycles. The molecule has 1 N–H and O–H groups in total. The number of alkyl halides is 3. The highest BCUT2D eigenvalue weighted by atomic mass is 32.2. The molecule has 0 saturated carbocycles. The number of benzene rings is 1. The minimum atomic E-state index is -4.99. The average Bonchev–Trinajstić information content (AvgIpc) is 3.23. The standard InChI is InChI=1S/C19H22F4N4O4S/c1-2-32(28,29)27-6-5-26(16(11-27)13-30-12-15-8-24-25-9-15)10-14-3-4-18(17(20)7-14)31-19(21,22)23/h2-4,7-9,16H,1,5-6,10-13H2,(H,24,25)/t16-/m1/s1. The smallest absolute Gasteiger partial charge is 0.403 e. The van der Waals surface area contributed by atoms with Crippen molar-refractivity contribution < 1.29 is 35.5 Å². The van der Waals surface area contributed by atoms with Crippen LogP contribution in [0.1, 0.15) is 11.1 Å². The van der Waals surface area contributed by atoms with Gasteiger partial charge in [0.25, 0.3) is 0 Å². The van der Waals surface area contributed by atoms with Crippen LogP contribution in [0.15, 0.2) is 42.6 Å².